The van der Waals surface area contributed by atoms with E-state index in [2.05, 4.69) is 24.1 Å². The van der Waals surface area contributed by atoms with Gasteiger partial charge in [0.15, 0.2) is 0 Å². The molecule has 2 aliphatic rings. The normalized spacial score (nSPS) is 20.4. The third kappa shape index (κ3) is 2.59. The molecule has 0 radical (unpaired) electrons. The number of nitrogens with zero attached hydrogens (tertiary/aromatic N) is 4. The summed E-state index contributed by atoms with van der Waals surface area (Å²) in [5, 5.41) is 4.50. The molecular formula is C16H26N4O. The average Bonchev–Trinajstić information content (AvgIpc) is 3.15. The molecule has 0 aromatic carbocycles. The van der Waals surface area contributed by atoms with E-state index >= 15 is 0 Å². The van der Waals surface area contributed by atoms with Crippen LogP contribution < -0.4 is 0 Å². The molecule has 0 bridgehead atoms. The second kappa shape index (κ2) is 5.13. The number of hydrogen-bond donors (Lipinski definition) is 0. The standard InChI is InChI=1S/C16H26N4O/c1-18(2)16(8-5-9-16)11-19(3)15(21)13-10-20(4)17-14(13)12-6-7-12/h10,12H,5-9,11H2,1-4H3. The summed E-state index contributed by atoms with van der Waals surface area (Å²) < 4.78 is 1.78. The highest BCUT2D eigenvalue weighted by Gasteiger charge is 2.41. The highest BCUT2D eigenvalue weighted by molar-refractivity contribution is 5.95. The van der Waals surface area contributed by atoms with Crippen molar-refractivity contribution in [3.05, 3.63) is 17.5 Å². The Kier molecular flexibility index (Phi) is 3.56. The summed E-state index contributed by atoms with van der Waals surface area (Å²) in [6, 6.07) is 0. The first-order chi connectivity index (χ1) is 9.93. The zero-order valence-corrected chi connectivity index (χ0v) is 13.6. The van der Waals surface area contributed by atoms with Crippen molar-refractivity contribution in [3.8, 4) is 0 Å². The van der Waals surface area contributed by atoms with Gasteiger partial charge >= 0.3 is 0 Å². The summed E-state index contributed by atoms with van der Waals surface area (Å²) in [6.45, 7) is 0.803. The lowest BCUT2D eigenvalue weighted by Gasteiger charge is -2.49. The Morgan fingerprint density at radius 1 is 1.38 bits per heavy atom. The van der Waals surface area contributed by atoms with Gasteiger partial charge in [-0.15, -0.1) is 0 Å². The highest BCUT2D eigenvalue weighted by Crippen LogP contribution is 2.41. The Hall–Kier alpha value is -1.36. The third-order valence-electron chi connectivity index (χ3n) is 5.16. The summed E-state index contributed by atoms with van der Waals surface area (Å²) in [6.07, 6.45) is 7.85. The first kappa shape index (κ1) is 14.6. The van der Waals surface area contributed by atoms with Crippen molar-refractivity contribution in [2.45, 2.75) is 43.6 Å². The average molecular weight is 290 g/mol. The lowest BCUT2D eigenvalue weighted by molar-refractivity contribution is 0.0252. The number of carbonyl (C=O) groups excluding carboxylic acids is 1. The first-order valence-corrected chi connectivity index (χ1v) is 7.89. The monoisotopic (exact) mass is 290 g/mol. The maximum Gasteiger partial charge on any atom is 0.257 e. The van der Waals surface area contributed by atoms with Crippen LogP contribution in [0.15, 0.2) is 6.20 Å². The van der Waals surface area contributed by atoms with Gasteiger partial charge in [0.25, 0.3) is 5.91 Å². The molecule has 2 fully saturated rings. The molecule has 0 unspecified atom stereocenters. The number of hydrogen-bond acceptors (Lipinski definition) is 3. The van der Waals surface area contributed by atoms with Gasteiger partial charge in [-0.3, -0.25) is 9.48 Å². The van der Waals surface area contributed by atoms with Gasteiger partial charge in [-0.25, -0.2) is 0 Å². The van der Waals surface area contributed by atoms with Crippen LogP contribution in [0, 0.1) is 0 Å². The fourth-order valence-electron chi connectivity index (χ4n) is 3.38. The van der Waals surface area contributed by atoms with E-state index in [0.29, 0.717) is 5.92 Å². The first-order valence-electron chi connectivity index (χ1n) is 7.89. The van der Waals surface area contributed by atoms with Crippen molar-refractivity contribution in [2.24, 2.45) is 7.05 Å². The van der Waals surface area contributed by atoms with Crippen molar-refractivity contribution in [2.75, 3.05) is 27.7 Å². The second-order valence-electron chi connectivity index (χ2n) is 7.01. The van der Waals surface area contributed by atoms with E-state index < -0.39 is 0 Å². The Balaban J connectivity index is 1.75. The van der Waals surface area contributed by atoms with E-state index in [4.69, 9.17) is 0 Å². The predicted octanol–water partition coefficient (Wildman–Crippen LogP) is 1.85. The fraction of sp³-hybridized carbons (Fsp3) is 0.750. The van der Waals surface area contributed by atoms with Crippen LogP contribution in [0.25, 0.3) is 0 Å². The SMILES string of the molecule is CN(CC1(N(C)C)CCC1)C(=O)c1cn(C)nc1C1CC1. The van der Waals surface area contributed by atoms with E-state index in [-0.39, 0.29) is 11.4 Å². The van der Waals surface area contributed by atoms with Gasteiger partial charge in [-0.2, -0.15) is 5.10 Å². The lowest BCUT2D eigenvalue weighted by atomic mass is 9.75. The van der Waals surface area contributed by atoms with Crippen molar-refractivity contribution in [1.29, 1.82) is 0 Å². The molecular weight excluding hydrogens is 264 g/mol. The van der Waals surface area contributed by atoms with Crippen molar-refractivity contribution in [3.63, 3.8) is 0 Å². The molecule has 0 spiro atoms. The van der Waals surface area contributed by atoms with Gasteiger partial charge in [0.05, 0.1) is 11.3 Å². The zero-order chi connectivity index (χ0) is 15.2. The molecule has 0 atom stereocenters. The van der Waals surface area contributed by atoms with Crippen LogP contribution in [0.2, 0.25) is 0 Å². The Labute approximate surface area is 126 Å². The Bertz CT molecular complexity index is 540. The van der Waals surface area contributed by atoms with E-state index in [1.807, 2.05) is 25.2 Å². The molecule has 1 amide bonds. The van der Waals surface area contributed by atoms with Crippen LogP contribution in [0.1, 0.15) is 54.1 Å². The fourth-order valence-corrected chi connectivity index (χ4v) is 3.38. The maximum atomic E-state index is 12.8. The maximum absolute atomic E-state index is 12.8. The molecule has 1 heterocycles. The van der Waals surface area contributed by atoms with Crippen LogP contribution in [0.4, 0.5) is 0 Å². The molecule has 2 aliphatic carbocycles. The topological polar surface area (TPSA) is 41.4 Å². The lowest BCUT2D eigenvalue weighted by Crippen LogP contribution is -2.57. The predicted molar refractivity (Wildman–Crippen MR) is 82.4 cm³/mol. The minimum atomic E-state index is 0.123. The molecule has 21 heavy (non-hydrogen) atoms. The van der Waals surface area contributed by atoms with Gasteiger partial charge < -0.3 is 9.80 Å². The molecule has 1 aromatic rings. The van der Waals surface area contributed by atoms with Gasteiger partial charge in [-0.05, 0) is 46.2 Å². The molecule has 0 aliphatic heterocycles. The van der Waals surface area contributed by atoms with Gasteiger partial charge in [0.1, 0.15) is 0 Å². The van der Waals surface area contributed by atoms with Crippen molar-refractivity contribution >= 4 is 5.91 Å². The number of rotatable bonds is 5. The molecule has 3 rings (SSSR count). The number of carbonyl (C=O) groups is 1. The number of amides is 1. The van der Waals surface area contributed by atoms with Gasteiger partial charge in [-0.1, -0.05) is 0 Å². The largest absolute Gasteiger partial charge is 0.340 e. The van der Waals surface area contributed by atoms with Crippen molar-refractivity contribution in [1.82, 2.24) is 19.6 Å². The molecule has 5 heteroatoms. The molecule has 0 N–H and O–H groups in total. The molecule has 2 saturated carbocycles. The van der Waals surface area contributed by atoms with Gasteiger partial charge in [0, 0.05) is 38.3 Å². The van der Waals surface area contributed by atoms with Gasteiger partial charge in [0.2, 0.25) is 0 Å². The van der Waals surface area contributed by atoms with E-state index in [1.54, 1.807) is 4.68 Å². The highest BCUT2D eigenvalue weighted by atomic mass is 16.2. The molecule has 5 nitrogen and oxygen atoms in total. The summed E-state index contributed by atoms with van der Waals surface area (Å²) in [5.41, 5.74) is 1.98. The van der Waals surface area contributed by atoms with Crippen LogP contribution in [-0.2, 0) is 7.05 Å². The van der Waals surface area contributed by atoms with Crippen LogP contribution >= 0.6 is 0 Å². The number of aromatic nitrogens is 2. The Morgan fingerprint density at radius 3 is 2.52 bits per heavy atom. The summed E-state index contributed by atoms with van der Waals surface area (Å²) in [7, 11) is 8.07. The van der Waals surface area contributed by atoms with E-state index in [9.17, 15) is 4.79 Å². The molecule has 0 saturated heterocycles. The third-order valence-corrected chi connectivity index (χ3v) is 5.16. The summed E-state index contributed by atoms with van der Waals surface area (Å²) in [5.74, 6) is 0.628. The minimum absolute atomic E-state index is 0.123. The number of aryl methyl sites for hydroxylation is 1. The van der Waals surface area contributed by atoms with E-state index in [0.717, 1.165) is 17.8 Å². The molecule has 116 valence electrons. The molecule has 1 aromatic heterocycles. The second-order valence-corrected chi connectivity index (χ2v) is 7.01. The summed E-state index contributed by atoms with van der Waals surface area (Å²) >= 11 is 0. The summed E-state index contributed by atoms with van der Waals surface area (Å²) in [4.78, 5) is 17.0. The van der Waals surface area contributed by atoms with Crippen LogP contribution in [0.5, 0.6) is 0 Å². The van der Waals surface area contributed by atoms with Crippen molar-refractivity contribution < 1.29 is 4.79 Å². The van der Waals surface area contributed by atoms with Crippen LogP contribution in [-0.4, -0.2) is 58.7 Å². The van der Waals surface area contributed by atoms with E-state index in [1.165, 1.54) is 32.1 Å². The quantitative estimate of drug-likeness (QED) is 0.831. The zero-order valence-electron chi connectivity index (χ0n) is 13.6. The minimum Gasteiger partial charge on any atom is -0.340 e. The van der Waals surface area contributed by atoms with Crippen LogP contribution in [0.3, 0.4) is 0 Å². The number of likely N-dealkylation sites (N-methyl/N-ethyl adjacent to an activating group) is 2. The smallest absolute Gasteiger partial charge is 0.257 e. The Morgan fingerprint density at radius 2 is 2.05 bits per heavy atom.